The van der Waals surface area contributed by atoms with Crippen molar-refractivity contribution in [3.05, 3.63) is 28.3 Å². The molecular formula is C9H9ClN4O3. The van der Waals surface area contributed by atoms with E-state index in [1.165, 1.54) is 25.3 Å². The average Bonchev–Trinajstić information content (AvgIpc) is 2.28. The number of nitrogens with zero attached hydrogens (tertiary/aromatic N) is 3. The highest BCUT2D eigenvalue weighted by Crippen LogP contribution is 2.24. The quantitative estimate of drug-likeness (QED) is 0.646. The van der Waals surface area contributed by atoms with E-state index >= 15 is 0 Å². The van der Waals surface area contributed by atoms with Crippen LogP contribution in [-0.2, 0) is 0 Å². The standard InChI is InChI=1S/C9H8N4O3.ClH/c1-16-9-11-7-3-2-5(13(14)15)4-6(7)8(10)12-9;/h2-4H,1H3,(H2,10,11,12);1H. The number of halogens is 1. The van der Waals surface area contributed by atoms with E-state index in [9.17, 15) is 10.1 Å². The molecule has 1 heterocycles. The molecule has 90 valence electrons. The Hall–Kier alpha value is -2.15. The molecule has 0 bridgehead atoms. The molecule has 2 aromatic rings. The van der Waals surface area contributed by atoms with E-state index in [1.54, 1.807) is 0 Å². The molecule has 0 atom stereocenters. The first kappa shape index (κ1) is 12.9. The smallest absolute Gasteiger partial charge is 0.318 e. The molecule has 0 aliphatic rings. The molecule has 2 rings (SSSR count). The van der Waals surface area contributed by atoms with Crippen LogP contribution in [0, 0.1) is 10.1 Å². The molecule has 0 amide bonds. The maximum Gasteiger partial charge on any atom is 0.318 e. The number of non-ortho nitro benzene ring substituents is 1. The molecule has 0 fully saturated rings. The lowest BCUT2D eigenvalue weighted by Gasteiger charge is -2.03. The molecule has 0 saturated carbocycles. The molecule has 0 spiro atoms. The zero-order valence-electron chi connectivity index (χ0n) is 8.78. The van der Waals surface area contributed by atoms with E-state index in [0.29, 0.717) is 10.9 Å². The van der Waals surface area contributed by atoms with Crippen LogP contribution in [0.4, 0.5) is 11.5 Å². The highest BCUT2D eigenvalue weighted by atomic mass is 35.5. The summed E-state index contributed by atoms with van der Waals surface area (Å²) in [5, 5.41) is 11.0. The fraction of sp³-hybridized carbons (Fsp3) is 0.111. The minimum Gasteiger partial charge on any atom is -0.467 e. The van der Waals surface area contributed by atoms with Crippen molar-refractivity contribution in [2.24, 2.45) is 0 Å². The van der Waals surface area contributed by atoms with Crippen molar-refractivity contribution in [1.29, 1.82) is 0 Å². The lowest BCUT2D eigenvalue weighted by Crippen LogP contribution is -1.99. The number of methoxy groups -OCH3 is 1. The average molecular weight is 257 g/mol. The SMILES string of the molecule is COc1nc(N)c2cc([N+](=O)[O-])ccc2n1.Cl. The minimum absolute atomic E-state index is 0. The summed E-state index contributed by atoms with van der Waals surface area (Å²) >= 11 is 0. The second kappa shape index (κ2) is 4.79. The van der Waals surface area contributed by atoms with Crippen molar-refractivity contribution >= 4 is 34.8 Å². The Morgan fingerprint density at radius 3 is 2.71 bits per heavy atom. The number of hydrogen-bond acceptors (Lipinski definition) is 6. The Balaban J connectivity index is 0.00000144. The summed E-state index contributed by atoms with van der Waals surface area (Å²) in [5.41, 5.74) is 6.11. The maximum absolute atomic E-state index is 10.6. The first-order valence-electron chi connectivity index (χ1n) is 4.37. The van der Waals surface area contributed by atoms with Gasteiger partial charge in [0.2, 0.25) is 0 Å². The number of benzene rings is 1. The van der Waals surface area contributed by atoms with E-state index in [1.807, 2.05) is 0 Å². The third kappa shape index (κ3) is 2.34. The molecule has 0 unspecified atom stereocenters. The van der Waals surface area contributed by atoms with Crippen LogP contribution in [0.15, 0.2) is 18.2 Å². The van der Waals surface area contributed by atoms with E-state index in [4.69, 9.17) is 10.5 Å². The number of aromatic nitrogens is 2. The van der Waals surface area contributed by atoms with Crippen molar-refractivity contribution in [3.8, 4) is 6.01 Å². The Kier molecular flexibility index (Phi) is 3.64. The summed E-state index contributed by atoms with van der Waals surface area (Å²) in [6.45, 7) is 0. The van der Waals surface area contributed by atoms with Crippen LogP contribution < -0.4 is 10.5 Å². The van der Waals surface area contributed by atoms with Gasteiger partial charge in [0.15, 0.2) is 0 Å². The molecule has 17 heavy (non-hydrogen) atoms. The fourth-order valence-corrected chi connectivity index (χ4v) is 1.32. The van der Waals surface area contributed by atoms with Crippen molar-refractivity contribution in [1.82, 2.24) is 9.97 Å². The molecule has 7 nitrogen and oxygen atoms in total. The lowest BCUT2D eigenvalue weighted by atomic mass is 10.2. The van der Waals surface area contributed by atoms with Crippen LogP contribution >= 0.6 is 12.4 Å². The summed E-state index contributed by atoms with van der Waals surface area (Å²) in [5.74, 6) is 0.158. The maximum atomic E-state index is 10.6. The van der Waals surface area contributed by atoms with Gasteiger partial charge in [-0.25, -0.2) is 0 Å². The second-order valence-corrected chi connectivity index (χ2v) is 3.05. The number of anilines is 1. The highest BCUT2D eigenvalue weighted by Gasteiger charge is 2.11. The van der Waals surface area contributed by atoms with Gasteiger partial charge in [0.25, 0.3) is 5.69 Å². The summed E-state index contributed by atoms with van der Waals surface area (Å²) in [4.78, 5) is 17.9. The van der Waals surface area contributed by atoms with E-state index < -0.39 is 4.92 Å². The molecule has 0 aliphatic heterocycles. The molecular weight excluding hydrogens is 248 g/mol. The summed E-state index contributed by atoms with van der Waals surface area (Å²) in [6.07, 6.45) is 0. The number of rotatable bonds is 2. The summed E-state index contributed by atoms with van der Waals surface area (Å²) in [6, 6.07) is 4.34. The number of hydrogen-bond donors (Lipinski definition) is 1. The summed E-state index contributed by atoms with van der Waals surface area (Å²) in [7, 11) is 1.42. The molecule has 1 aromatic heterocycles. The Morgan fingerprint density at radius 2 is 2.12 bits per heavy atom. The van der Waals surface area contributed by atoms with Crippen molar-refractivity contribution in [2.45, 2.75) is 0 Å². The molecule has 1 aromatic carbocycles. The van der Waals surface area contributed by atoms with Gasteiger partial charge in [0, 0.05) is 17.5 Å². The van der Waals surface area contributed by atoms with Crippen LogP contribution in [0.5, 0.6) is 6.01 Å². The number of nitro benzene ring substituents is 1. The van der Waals surface area contributed by atoms with Gasteiger partial charge in [-0.05, 0) is 6.07 Å². The molecule has 0 aliphatic carbocycles. The van der Waals surface area contributed by atoms with Gasteiger partial charge >= 0.3 is 6.01 Å². The highest BCUT2D eigenvalue weighted by molar-refractivity contribution is 5.90. The number of nitrogens with two attached hydrogens (primary N) is 1. The second-order valence-electron chi connectivity index (χ2n) is 3.05. The predicted octanol–water partition coefficient (Wildman–Crippen LogP) is 1.55. The fourth-order valence-electron chi connectivity index (χ4n) is 1.32. The minimum atomic E-state index is -0.497. The Labute approximate surface area is 102 Å². The van der Waals surface area contributed by atoms with E-state index in [0.717, 1.165) is 0 Å². The zero-order chi connectivity index (χ0) is 11.7. The van der Waals surface area contributed by atoms with Gasteiger partial charge in [-0.15, -0.1) is 12.4 Å². The number of fused-ring (bicyclic) bond motifs is 1. The van der Waals surface area contributed by atoms with Crippen LogP contribution in [0.3, 0.4) is 0 Å². The van der Waals surface area contributed by atoms with Crippen LogP contribution in [0.25, 0.3) is 10.9 Å². The van der Waals surface area contributed by atoms with Gasteiger partial charge in [-0.1, -0.05) is 0 Å². The third-order valence-corrected chi connectivity index (χ3v) is 2.08. The number of nitrogen functional groups attached to an aromatic ring is 1. The first-order chi connectivity index (χ1) is 7.61. The van der Waals surface area contributed by atoms with E-state index in [2.05, 4.69) is 9.97 Å². The molecule has 2 N–H and O–H groups in total. The van der Waals surface area contributed by atoms with Gasteiger partial charge in [0.1, 0.15) is 5.82 Å². The number of ether oxygens (including phenoxy) is 1. The normalized spacial score (nSPS) is 9.71. The Morgan fingerprint density at radius 1 is 1.41 bits per heavy atom. The van der Waals surface area contributed by atoms with E-state index in [-0.39, 0.29) is 29.9 Å². The molecule has 0 radical (unpaired) electrons. The van der Waals surface area contributed by atoms with Crippen LogP contribution in [0.1, 0.15) is 0 Å². The third-order valence-electron chi connectivity index (χ3n) is 2.08. The van der Waals surface area contributed by atoms with Gasteiger partial charge in [0.05, 0.1) is 17.5 Å². The van der Waals surface area contributed by atoms with Crippen molar-refractivity contribution < 1.29 is 9.66 Å². The van der Waals surface area contributed by atoms with Crippen LogP contribution in [0.2, 0.25) is 0 Å². The van der Waals surface area contributed by atoms with Gasteiger partial charge < -0.3 is 10.5 Å². The first-order valence-corrected chi connectivity index (χ1v) is 4.37. The van der Waals surface area contributed by atoms with Gasteiger partial charge in [-0.2, -0.15) is 9.97 Å². The molecule has 8 heteroatoms. The topological polar surface area (TPSA) is 104 Å². The number of nitro groups is 1. The lowest BCUT2D eigenvalue weighted by molar-refractivity contribution is -0.384. The predicted molar refractivity (Wildman–Crippen MR) is 64.4 cm³/mol. The largest absolute Gasteiger partial charge is 0.467 e. The molecule has 0 saturated heterocycles. The van der Waals surface area contributed by atoms with Gasteiger partial charge in [-0.3, -0.25) is 10.1 Å². The Bertz CT molecular complexity index is 575. The monoisotopic (exact) mass is 256 g/mol. The zero-order valence-corrected chi connectivity index (χ0v) is 9.60. The van der Waals surface area contributed by atoms with Crippen LogP contribution in [-0.4, -0.2) is 22.0 Å². The summed E-state index contributed by atoms with van der Waals surface area (Å²) < 4.78 is 4.84. The van der Waals surface area contributed by atoms with Crippen molar-refractivity contribution in [3.63, 3.8) is 0 Å². The van der Waals surface area contributed by atoms with Crippen molar-refractivity contribution in [2.75, 3.05) is 12.8 Å².